The summed E-state index contributed by atoms with van der Waals surface area (Å²) in [6.45, 7) is 8.04. The number of carbonyl (C=O) groups excluding carboxylic acids is 1. The maximum Gasteiger partial charge on any atom is 0.247 e. The molecule has 0 bridgehead atoms. The Morgan fingerprint density at radius 1 is 1.00 bits per heavy atom. The summed E-state index contributed by atoms with van der Waals surface area (Å²) in [5.41, 5.74) is 5.89. The van der Waals surface area contributed by atoms with Gasteiger partial charge < -0.3 is 9.88 Å². The van der Waals surface area contributed by atoms with Gasteiger partial charge in [0, 0.05) is 12.5 Å². The minimum atomic E-state index is -0.568. The number of benzene rings is 3. The molecule has 1 amide bonds. The van der Waals surface area contributed by atoms with Crippen molar-refractivity contribution in [1.82, 2.24) is 14.9 Å². The summed E-state index contributed by atoms with van der Waals surface area (Å²) in [5, 5.41) is 3.08. The molecule has 0 radical (unpaired) electrons. The highest BCUT2D eigenvalue weighted by Crippen LogP contribution is 2.30. The average molecular weight is 430 g/mol. The second-order valence-corrected chi connectivity index (χ2v) is 8.60. The van der Waals surface area contributed by atoms with Crippen LogP contribution in [0.25, 0.3) is 11.0 Å². The van der Waals surface area contributed by atoms with Gasteiger partial charge in [-0.2, -0.15) is 0 Å². The molecular formula is C27H28FN3O. The van der Waals surface area contributed by atoms with Crippen LogP contribution in [0.4, 0.5) is 4.39 Å². The first-order valence-electron chi connectivity index (χ1n) is 10.9. The molecule has 0 aliphatic rings. The van der Waals surface area contributed by atoms with Crippen molar-refractivity contribution in [2.75, 3.05) is 0 Å². The fraction of sp³-hybridized carbons (Fsp3) is 0.259. The van der Waals surface area contributed by atoms with E-state index in [2.05, 4.69) is 31.3 Å². The molecule has 5 heteroatoms. The molecular weight excluding hydrogens is 401 g/mol. The minimum absolute atomic E-state index is 0.00743. The van der Waals surface area contributed by atoms with Crippen LogP contribution in [0.3, 0.4) is 0 Å². The highest BCUT2D eigenvalue weighted by molar-refractivity contribution is 5.87. The third-order valence-corrected chi connectivity index (χ3v) is 5.71. The summed E-state index contributed by atoms with van der Waals surface area (Å²) in [6.07, 6.45) is 0.491. The van der Waals surface area contributed by atoms with E-state index in [1.54, 1.807) is 12.1 Å². The number of fused-ring (bicyclic) bond motifs is 1. The number of carbonyl (C=O) groups is 1. The third-order valence-electron chi connectivity index (χ3n) is 5.71. The predicted molar refractivity (Wildman–Crippen MR) is 126 cm³/mol. The molecule has 3 aromatic carbocycles. The van der Waals surface area contributed by atoms with E-state index >= 15 is 0 Å². The summed E-state index contributed by atoms with van der Waals surface area (Å²) in [7, 11) is 0. The quantitative estimate of drug-likeness (QED) is 0.440. The summed E-state index contributed by atoms with van der Waals surface area (Å²) in [4.78, 5) is 18.4. The third kappa shape index (κ3) is 4.42. The van der Waals surface area contributed by atoms with E-state index in [4.69, 9.17) is 4.98 Å². The molecule has 164 valence electrons. The number of hydrogen-bond acceptors (Lipinski definition) is 2. The number of imidazole rings is 1. The van der Waals surface area contributed by atoms with Crippen LogP contribution in [0.1, 0.15) is 48.0 Å². The van der Waals surface area contributed by atoms with Gasteiger partial charge >= 0.3 is 0 Å². The molecule has 0 spiro atoms. The van der Waals surface area contributed by atoms with Gasteiger partial charge in [-0.25, -0.2) is 9.37 Å². The fourth-order valence-corrected chi connectivity index (χ4v) is 4.01. The summed E-state index contributed by atoms with van der Waals surface area (Å²) in [6, 6.07) is 19.8. The molecule has 1 heterocycles. The van der Waals surface area contributed by atoms with E-state index in [0.717, 1.165) is 39.1 Å². The van der Waals surface area contributed by atoms with Crippen LogP contribution in [0, 0.1) is 19.7 Å². The second-order valence-electron chi connectivity index (χ2n) is 8.60. The number of aryl methyl sites for hydroxylation is 2. The summed E-state index contributed by atoms with van der Waals surface area (Å²) in [5.74, 6) is 0.417. The molecule has 0 saturated heterocycles. The normalized spacial score (nSPS) is 12.3. The molecule has 32 heavy (non-hydrogen) atoms. The molecule has 0 saturated carbocycles. The smallest absolute Gasteiger partial charge is 0.247 e. The molecule has 1 unspecified atom stereocenters. The van der Waals surface area contributed by atoms with Gasteiger partial charge in [0.25, 0.3) is 0 Å². The average Bonchev–Trinajstić information content (AvgIpc) is 3.07. The Morgan fingerprint density at radius 3 is 2.31 bits per heavy atom. The summed E-state index contributed by atoms with van der Waals surface area (Å²) < 4.78 is 15.5. The topological polar surface area (TPSA) is 46.9 Å². The van der Waals surface area contributed by atoms with E-state index in [1.165, 1.54) is 12.1 Å². The maximum absolute atomic E-state index is 13.5. The monoisotopic (exact) mass is 429 g/mol. The number of aromatic nitrogens is 2. The number of hydrogen-bond donors (Lipinski definition) is 1. The van der Waals surface area contributed by atoms with Crippen molar-refractivity contribution >= 4 is 16.9 Å². The largest absolute Gasteiger partial charge is 0.352 e. The van der Waals surface area contributed by atoms with Crippen molar-refractivity contribution in [2.45, 2.75) is 46.2 Å². The molecule has 0 aliphatic carbocycles. The van der Waals surface area contributed by atoms with Gasteiger partial charge in [0.05, 0.1) is 11.0 Å². The first-order valence-corrected chi connectivity index (χ1v) is 10.9. The lowest BCUT2D eigenvalue weighted by molar-refractivity contribution is -0.123. The number of amides is 1. The van der Waals surface area contributed by atoms with Gasteiger partial charge in [-0.15, -0.1) is 0 Å². The number of nitrogens with one attached hydrogen (secondary N) is 1. The van der Waals surface area contributed by atoms with Crippen LogP contribution in [0.2, 0.25) is 0 Å². The molecule has 1 N–H and O–H groups in total. The Labute approximate surface area is 188 Å². The number of nitrogens with zero attached hydrogens (tertiary/aromatic N) is 2. The van der Waals surface area contributed by atoms with Crippen molar-refractivity contribution in [3.05, 3.63) is 101 Å². The molecule has 4 nitrogen and oxygen atoms in total. The first kappa shape index (κ1) is 21.8. The standard InChI is InChI=1S/C27H28FN3O/c1-17(2)29-27(32)26(21-8-6-5-7-9-21)31-24-15-19(4)18(3)14-23(24)30-25(31)16-20-10-12-22(28)13-11-20/h5-15,17,26H,16H2,1-4H3,(H,29,32). The lowest BCUT2D eigenvalue weighted by Gasteiger charge is -2.23. The van der Waals surface area contributed by atoms with Crippen molar-refractivity contribution in [3.8, 4) is 0 Å². The lowest BCUT2D eigenvalue weighted by Crippen LogP contribution is -2.38. The van der Waals surface area contributed by atoms with E-state index in [9.17, 15) is 9.18 Å². The van der Waals surface area contributed by atoms with Crippen LogP contribution in [-0.2, 0) is 11.2 Å². The Morgan fingerprint density at radius 2 is 1.66 bits per heavy atom. The van der Waals surface area contributed by atoms with E-state index in [-0.39, 0.29) is 17.8 Å². The van der Waals surface area contributed by atoms with Gasteiger partial charge in [0.2, 0.25) is 5.91 Å². The van der Waals surface area contributed by atoms with Crippen molar-refractivity contribution in [2.24, 2.45) is 0 Å². The van der Waals surface area contributed by atoms with E-state index in [0.29, 0.717) is 6.42 Å². The number of halogens is 1. The highest BCUT2D eigenvalue weighted by atomic mass is 19.1. The maximum atomic E-state index is 13.5. The molecule has 4 aromatic rings. The zero-order valence-corrected chi connectivity index (χ0v) is 18.9. The van der Waals surface area contributed by atoms with E-state index in [1.807, 2.05) is 48.7 Å². The van der Waals surface area contributed by atoms with Crippen molar-refractivity contribution < 1.29 is 9.18 Å². The fourth-order valence-electron chi connectivity index (χ4n) is 4.01. The number of rotatable bonds is 6. The van der Waals surface area contributed by atoms with Gasteiger partial charge in [0.15, 0.2) is 0 Å². The summed E-state index contributed by atoms with van der Waals surface area (Å²) >= 11 is 0. The van der Waals surface area contributed by atoms with Crippen molar-refractivity contribution in [3.63, 3.8) is 0 Å². The SMILES string of the molecule is Cc1cc2nc(Cc3ccc(F)cc3)n(C(C(=O)NC(C)C)c3ccccc3)c2cc1C. The molecule has 1 atom stereocenters. The Bertz CT molecular complexity index is 1240. The lowest BCUT2D eigenvalue weighted by atomic mass is 10.0. The zero-order chi connectivity index (χ0) is 22.8. The van der Waals surface area contributed by atoms with Gasteiger partial charge in [-0.3, -0.25) is 4.79 Å². The van der Waals surface area contributed by atoms with Gasteiger partial charge in [-0.1, -0.05) is 42.5 Å². The second kappa shape index (κ2) is 8.95. The van der Waals surface area contributed by atoms with Crippen LogP contribution < -0.4 is 5.32 Å². The van der Waals surface area contributed by atoms with Crippen LogP contribution in [0.5, 0.6) is 0 Å². The van der Waals surface area contributed by atoms with Crippen molar-refractivity contribution in [1.29, 1.82) is 0 Å². The van der Waals surface area contributed by atoms with Crippen LogP contribution >= 0.6 is 0 Å². The Balaban J connectivity index is 1.94. The van der Waals surface area contributed by atoms with Gasteiger partial charge in [-0.05, 0) is 74.2 Å². The Hall–Kier alpha value is -3.47. The van der Waals surface area contributed by atoms with Crippen LogP contribution in [0.15, 0.2) is 66.7 Å². The van der Waals surface area contributed by atoms with Crippen LogP contribution in [-0.4, -0.2) is 21.5 Å². The minimum Gasteiger partial charge on any atom is -0.352 e. The predicted octanol–water partition coefficient (Wildman–Crippen LogP) is 5.50. The molecule has 1 aromatic heterocycles. The molecule has 0 fully saturated rings. The van der Waals surface area contributed by atoms with Gasteiger partial charge in [0.1, 0.15) is 17.7 Å². The highest BCUT2D eigenvalue weighted by Gasteiger charge is 2.28. The first-order chi connectivity index (χ1) is 15.3. The Kier molecular flexibility index (Phi) is 6.08. The molecule has 0 aliphatic heterocycles. The zero-order valence-electron chi connectivity index (χ0n) is 18.9. The molecule has 4 rings (SSSR count). The van der Waals surface area contributed by atoms with E-state index < -0.39 is 6.04 Å².